The summed E-state index contributed by atoms with van der Waals surface area (Å²) in [5, 5.41) is 1.04. The van der Waals surface area contributed by atoms with Crippen LogP contribution in [0.15, 0.2) is 61.1 Å². The zero-order valence-electron chi connectivity index (χ0n) is 19.4. The van der Waals surface area contributed by atoms with E-state index in [2.05, 4.69) is 42.5 Å². The molecule has 5 nitrogen and oxygen atoms in total. The number of hydrogen-bond donors (Lipinski definition) is 0. The van der Waals surface area contributed by atoms with Crippen LogP contribution in [0.5, 0.6) is 0 Å². The van der Waals surface area contributed by atoms with Gasteiger partial charge in [-0.2, -0.15) is 0 Å². The third kappa shape index (κ3) is 5.00. The molecule has 6 heteroatoms. The van der Waals surface area contributed by atoms with Gasteiger partial charge in [0, 0.05) is 31.1 Å². The number of unbranched alkanes of at least 4 members (excludes halogenated alkanes) is 2. The summed E-state index contributed by atoms with van der Waals surface area (Å²) < 4.78 is 22.6. The number of fused-ring (bicyclic) bond motifs is 1. The van der Waals surface area contributed by atoms with Crippen molar-refractivity contribution in [3.63, 3.8) is 0 Å². The number of nitrogens with zero attached hydrogens (tertiary/aromatic N) is 3. The molecule has 0 bridgehead atoms. The summed E-state index contributed by atoms with van der Waals surface area (Å²) in [6.45, 7) is 7.41. The van der Waals surface area contributed by atoms with Crippen molar-refractivity contribution in [1.82, 2.24) is 14.1 Å². The monoisotopic (exact) mass is 447 g/mol. The normalized spacial score (nSPS) is 12.2. The minimum atomic E-state index is -0.397. The SMILES string of the molecule is Cc1cccc([C@H](C)c2nccn2C(=O)OCCCCCn2ccc3ccc(F)cc32)c1C. The highest BCUT2D eigenvalue weighted by molar-refractivity contribution is 5.80. The Balaban J connectivity index is 1.27. The lowest BCUT2D eigenvalue weighted by atomic mass is 9.93. The van der Waals surface area contributed by atoms with E-state index in [4.69, 9.17) is 4.74 Å². The maximum absolute atomic E-state index is 13.5. The molecule has 0 fully saturated rings. The number of aryl methyl sites for hydroxylation is 2. The van der Waals surface area contributed by atoms with Crippen molar-refractivity contribution in [2.75, 3.05) is 6.61 Å². The van der Waals surface area contributed by atoms with Crippen LogP contribution in [0, 0.1) is 19.7 Å². The van der Waals surface area contributed by atoms with Crippen molar-refractivity contribution in [2.45, 2.75) is 52.5 Å². The van der Waals surface area contributed by atoms with Gasteiger partial charge in [0.25, 0.3) is 0 Å². The second kappa shape index (κ2) is 10.0. The van der Waals surface area contributed by atoms with Crippen molar-refractivity contribution in [1.29, 1.82) is 0 Å². The van der Waals surface area contributed by atoms with E-state index in [0.717, 1.165) is 42.3 Å². The molecular weight excluding hydrogens is 417 g/mol. The molecule has 0 saturated carbocycles. The molecule has 4 aromatic rings. The number of rotatable bonds is 8. The predicted octanol–water partition coefficient (Wildman–Crippen LogP) is 6.60. The molecule has 0 unspecified atom stereocenters. The van der Waals surface area contributed by atoms with E-state index in [0.29, 0.717) is 12.4 Å². The van der Waals surface area contributed by atoms with Gasteiger partial charge in [0.1, 0.15) is 11.6 Å². The molecule has 0 radical (unpaired) electrons. The van der Waals surface area contributed by atoms with Crippen LogP contribution in [0.2, 0.25) is 0 Å². The van der Waals surface area contributed by atoms with Gasteiger partial charge in [0.2, 0.25) is 0 Å². The average molecular weight is 448 g/mol. The van der Waals surface area contributed by atoms with Gasteiger partial charge >= 0.3 is 6.09 Å². The Morgan fingerprint density at radius 2 is 1.94 bits per heavy atom. The lowest BCUT2D eigenvalue weighted by molar-refractivity contribution is 0.144. The summed E-state index contributed by atoms with van der Waals surface area (Å²) >= 11 is 0. The highest BCUT2D eigenvalue weighted by Crippen LogP contribution is 2.27. The first-order valence-electron chi connectivity index (χ1n) is 11.5. The summed E-state index contributed by atoms with van der Waals surface area (Å²) in [5.41, 5.74) is 4.50. The fraction of sp³-hybridized carbons (Fsp3) is 0.333. The molecule has 2 aromatic heterocycles. The van der Waals surface area contributed by atoms with E-state index in [-0.39, 0.29) is 11.7 Å². The van der Waals surface area contributed by atoms with Gasteiger partial charge < -0.3 is 9.30 Å². The molecule has 0 amide bonds. The topological polar surface area (TPSA) is 49.1 Å². The lowest BCUT2D eigenvalue weighted by Gasteiger charge is -2.17. The van der Waals surface area contributed by atoms with Gasteiger partial charge in [-0.25, -0.2) is 18.7 Å². The van der Waals surface area contributed by atoms with Crippen LogP contribution in [-0.4, -0.2) is 26.8 Å². The number of benzene rings is 2. The number of halogens is 1. The molecule has 0 aliphatic heterocycles. The van der Waals surface area contributed by atoms with Gasteiger partial charge in [-0.05, 0) is 79.5 Å². The number of hydrogen-bond acceptors (Lipinski definition) is 3. The van der Waals surface area contributed by atoms with Crippen LogP contribution in [0.1, 0.15) is 54.6 Å². The first-order chi connectivity index (χ1) is 16.0. The molecular formula is C27H30FN3O2. The Hall–Kier alpha value is -3.41. The summed E-state index contributed by atoms with van der Waals surface area (Å²) in [7, 11) is 0. The van der Waals surface area contributed by atoms with Crippen LogP contribution in [0.4, 0.5) is 9.18 Å². The van der Waals surface area contributed by atoms with Crippen molar-refractivity contribution in [2.24, 2.45) is 0 Å². The highest BCUT2D eigenvalue weighted by Gasteiger charge is 2.20. The smallest absolute Gasteiger partial charge is 0.419 e. The maximum atomic E-state index is 13.5. The van der Waals surface area contributed by atoms with Crippen molar-refractivity contribution in [3.8, 4) is 0 Å². The standard InChI is InChI=1S/C27H30FN3O2/c1-19-8-7-9-24(20(19)2)21(3)26-29-13-16-31(26)27(32)33-17-6-4-5-14-30-15-12-22-10-11-23(28)18-25(22)30/h7-13,15-16,18,21H,4-6,14,17H2,1-3H3/t21-/m0/s1. The van der Waals surface area contributed by atoms with Crippen molar-refractivity contribution >= 4 is 17.0 Å². The molecule has 172 valence electrons. The third-order valence-electron chi connectivity index (χ3n) is 6.37. The van der Waals surface area contributed by atoms with Gasteiger partial charge in [0.15, 0.2) is 0 Å². The van der Waals surface area contributed by atoms with Crippen molar-refractivity contribution in [3.05, 3.63) is 89.4 Å². The molecule has 0 aliphatic carbocycles. The molecule has 2 aromatic carbocycles. The minimum absolute atomic E-state index is 0.0197. The van der Waals surface area contributed by atoms with Crippen molar-refractivity contribution < 1.29 is 13.9 Å². The Bertz CT molecular complexity index is 1260. The minimum Gasteiger partial charge on any atom is -0.449 e. The Morgan fingerprint density at radius 1 is 1.09 bits per heavy atom. The summed E-state index contributed by atoms with van der Waals surface area (Å²) in [4.78, 5) is 17.1. The molecule has 2 heterocycles. The van der Waals surface area contributed by atoms with E-state index < -0.39 is 6.09 Å². The van der Waals surface area contributed by atoms with Gasteiger partial charge in [-0.1, -0.05) is 25.1 Å². The molecule has 0 saturated heterocycles. The van der Waals surface area contributed by atoms with Crippen LogP contribution >= 0.6 is 0 Å². The first-order valence-corrected chi connectivity index (χ1v) is 11.5. The Labute approximate surface area is 193 Å². The zero-order valence-corrected chi connectivity index (χ0v) is 19.4. The largest absolute Gasteiger partial charge is 0.449 e. The maximum Gasteiger partial charge on any atom is 0.419 e. The molecule has 1 atom stereocenters. The number of carbonyl (C=O) groups is 1. The van der Waals surface area contributed by atoms with Crippen LogP contribution in [-0.2, 0) is 11.3 Å². The number of aromatic nitrogens is 3. The molecule has 33 heavy (non-hydrogen) atoms. The van der Waals surface area contributed by atoms with E-state index in [9.17, 15) is 9.18 Å². The molecule has 0 aliphatic rings. The second-order valence-corrected chi connectivity index (χ2v) is 8.55. The van der Waals surface area contributed by atoms with Gasteiger partial charge in [-0.3, -0.25) is 0 Å². The second-order valence-electron chi connectivity index (χ2n) is 8.55. The Morgan fingerprint density at radius 3 is 2.79 bits per heavy atom. The summed E-state index contributed by atoms with van der Waals surface area (Å²) in [6.07, 6.45) is 7.51. The van der Waals surface area contributed by atoms with Crippen LogP contribution < -0.4 is 0 Å². The third-order valence-corrected chi connectivity index (χ3v) is 6.37. The Kier molecular flexibility index (Phi) is 6.92. The van der Waals surface area contributed by atoms with Crippen LogP contribution in [0.3, 0.4) is 0 Å². The predicted molar refractivity (Wildman–Crippen MR) is 128 cm³/mol. The van der Waals surface area contributed by atoms with Gasteiger partial charge in [-0.15, -0.1) is 0 Å². The molecule has 0 N–H and O–H groups in total. The summed E-state index contributed by atoms with van der Waals surface area (Å²) in [6, 6.07) is 13.1. The zero-order chi connectivity index (χ0) is 23.4. The fourth-order valence-electron chi connectivity index (χ4n) is 4.31. The lowest BCUT2D eigenvalue weighted by Crippen LogP contribution is -2.18. The van der Waals surface area contributed by atoms with E-state index in [1.54, 1.807) is 24.5 Å². The quantitative estimate of drug-likeness (QED) is 0.286. The fourth-order valence-corrected chi connectivity index (χ4v) is 4.31. The van der Waals surface area contributed by atoms with Crippen LogP contribution in [0.25, 0.3) is 10.9 Å². The molecule has 0 spiro atoms. The van der Waals surface area contributed by atoms with E-state index in [1.165, 1.54) is 21.8 Å². The molecule has 4 rings (SSSR count). The number of imidazole rings is 1. The van der Waals surface area contributed by atoms with E-state index >= 15 is 0 Å². The number of carbonyl (C=O) groups excluding carboxylic acids is 1. The highest BCUT2D eigenvalue weighted by atomic mass is 19.1. The first kappa shape index (κ1) is 22.8. The average Bonchev–Trinajstić information content (AvgIpc) is 3.45. The summed E-state index contributed by atoms with van der Waals surface area (Å²) in [5.74, 6) is 0.439. The van der Waals surface area contributed by atoms with E-state index in [1.807, 2.05) is 18.3 Å². The van der Waals surface area contributed by atoms with Gasteiger partial charge in [0.05, 0.1) is 12.1 Å². The number of ether oxygens (including phenoxy) is 1.